The number of nitrogens with zero attached hydrogens (tertiary/aromatic N) is 4. The fourth-order valence-electron chi connectivity index (χ4n) is 3.44. The van der Waals surface area contributed by atoms with E-state index in [0.29, 0.717) is 23.6 Å². The molecule has 2 unspecified atom stereocenters. The molecule has 2 aromatic rings. The Kier molecular flexibility index (Phi) is 6.43. The molecule has 1 fully saturated rings. The van der Waals surface area contributed by atoms with E-state index in [4.69, 9.17) is 4.74 Å². The molecule has 2 aromatic heterocycles. The maximum Gasteiger partial charge on any atom is 0.257 e. The molecule has 2 amide bonds. The van der Waals surface area contributed by atoms with E-state index >= 15 is 0 Å². The molecule has 0 saturated carbocycles. The van der Waals surface area contributed by atoms with Crippen LogP contribution in [0.25, 0.3) is 0 Å². The van der Waals surface area contributed by atoms with E-state index in [-0.39, 0.29) is 24.0 Å². The molecule has 29 heavy (non-hydrogen) atoms. The van der Waals surface area contributed by atoms with Gasteiger partial charge in [-0.3, -0.25) is 14.5 Å². The lowest BCUT2D eigenvalue weighted by molar-refractivity contribution is -0.116. The standard InChI is InChI=1S/C21H27N5O3/c1-5-26(16(4)27)20-9-7-18(11-23-20)24-21(28)17-6-8-19(22-10-17)25-12-14(2)29-15(3)13-25/h6-11,14-15H,5,12-13H2,1-4H3,(H,24,28). The van der Waals surface area contributed by atoms with Crippen molar-refractivity contribution in [2.45, 2.75) is 39.9 Å². The van der Waals surface area contributed by atoms with Crippen LogP contribution in [-0.2, 0) is 9.53 Å². The second kappa shape index (κ2) is 9.00. The number of amides is 2. The van der Waals surface area contributed by atoms with E-state index in [2.05, 4.69) is 20.2 Å². The summed E-state index contributed by atoms with van der Waals surface area (Å²) in [5.41, 5.74) is 1.02. The summed E-state index contributed by atoms with van der Waals surface area (Å²) in [6.45, 7) is 9.54. The number of rotatable bonds is 5. The highest BCUT2D eigenvalue weighted by atomic mass is 16.5. The summed E-state index contributed by atoms with van der Waals surface area (Å²) in [6.07, 6.45) is 3.40. The van der Waals surface area contributed by atoms with E-state index in [0.717, 1.165) is 18.9 Å². The summed E-state index contributed by atoms with van der Waals surface area (Å²) >= 11 is 0. The number of ether oxygens (including phenoxy) is 1. The smallest absolute Gasteiger partial charge is 0.257 e. The Balaban J connectivity index is 1.64. The van der Waals surface area contributed by atoms with Crippen LogP contribution in [0.5, 0.6) is 0 Å². The van der Waals surface area contributed by atoms with Gasteiger partial charge < -0.3 is 15.0 Å². The van der Waals surface area contributed by atoms with Crippen LogP contribution in [0.1, 0.15) is 38.1 Å². The average molecular weight is 397 g/mol. The zero-order chi connectivity index (χ0) is 21.0. The molecule has 1 saturated heterocycles. The van der Waals surface area contributed by atoms with Crippen molar-refractivity contribution in [3.8, 4) is 0 Å². The Labute approximate surface area is 170 Å². The van der Waals surface area contributed by atoms with Crippen molar-refractivity contribution in [3.63, 3.8) is 0 Å². The Bertz CT molecular complexity index is 844. The van der Waals surface area contributed by atoms with Gasteiger partial charge in [0.2, 0.25) is 5.91 Å². The van der Waals surface area contributed by atoms with Crippen LogP contribution in [0.3, 0.4) is 0 Å². The minimum absolute atomic E-state index is 0.0768. The van der Waals surface area contributed by atoms with E-state index in [9.17, 15) is 9.59 Å². The lowest BCUT2D eigenvalue weighted by Crippen LogP contribution is -2.45. The minimum atomic E-state index is -0.263. The normalized spacial score (nSPS) is 19.0. The van der Waals surface area contributed by atoms with Crippen molar-refractivity contribution in [1.29, 1.82) is 0 Å². The van der Waals surface area contributed by atoms with Gasteiger partial charge in [-0.1, -0.05) is 0 Å². The van der Waals surface area contributed by atoms with Crippen molar-refractivity contribution < 1.29 is 14.3 Å². The van der Waals surface area contributed by atoms with Gasteiger partial charge in [0.25, 0.3) is 5.91 Å². The maximum atomic E-state index is 12.5. The molecule has 3 heterocycles. The number of carbonyl (C=O) groups excluding carboxylic acids is 2. The van der Waals surface area contributed by atoms with Gasteiger partial charge in [0.1, 0.15) is 11.6 Å². The third kappa shape index (κ3) is 5.08. The van der Waals surface area contributed by atoms with Gasteiger partial charge in [-0.2, -0.15) is 0 Å². The molecule has 8 heteroatoms. The first-order valence-electron chi connectivity index (χ1n) is 9.79. The molecule has 0 spiro atoms. The zero-order valence-corrected chi connectivity index (χ0v) is 17.3. The van der Waals surface area contributed by atoms with Crippen molar-refractivity contribution in [2.24, 2.45) is 0 Å². The predicted octanol–water partition coefficient (Wildman–Crippen LogP) is 2.72. The van der Waals surface area contributed by atoms with Gasteiger partial charge in [0.05, 0.1) is 29.7 Å². The molecule has 3 rings (SSSR count). The first-order chi connectivity index (χ1) is 13.9. The fourth-order valence-corrected chi connectivity index (χ4v) is 3.44. The number of aromatic nitrogens is 2. The number of morpholine rings is 1. The van der Waals surface area contributed by atoms with Crippen LogP contribution >= 0.6 is 0 Å². The monoisotopic (exact) mass is 397 g/mol. The summed E-state index contributed by atoms with van der Waals surface area (Å²) in [5, 5.41) is 2.81. The third-order valence-corrected chi connectivity index (χ3v) is 4.73. The highest BCUT2D eigenvalue weighted by Gasteiger charge is 2.23. The highest BCUT2D eigenvalue weighted by molar-refractivity contribution is 6.04. The molecular weight excluding hydrogens is 370 g/mol. The minimum Gasteiger partial charge on any atom is -0.372 e. The van der Waals surface area contributed by atoms with E-state index in [1.807, 2.05) is 26.8 Å². The number of nitrogens with one attached hydrogen (secondary N) is 1. The van der Waals surface area contributed by atoms with Gasteiger partial charge in [-0.15, -0.1) is 0 Å². The Morgan fingerprint density at radius 3 is 2.38 bits per heavy atom. The number of anilines is 3. The largest absolute Gasteiger partial charge is 0.372 e. The molecule has 8 nitrogen and oxygen atoms in total. The lowest BCUT2D eigenvalue weighted by atomic mass is 10.2. The van der Waals surface area contributed by atoms with E-state index in [1.54, 1.807) is 29.3 Å². The average Bonchev–Trinajstić information content (AvgIpc) is 2.69. The fraction of sp³-hybridized carbons (Fsp3) is 0.429. The lowest BCUT2D eigenvalue weighted by Gasteiger charge is -2.36. The third-order valence-electron chi connectivity index (χ3n) is 4.73. The van der Waals surface area contributed by atoms with E-state index in [1.165, 1.54) is 13.1 Å². The second-order valence-corrected chi connectivity index (χ2v) is 7.19. The molecule has 0 radical (unpaired) electrons. The highest BCUT2D eigenvalue weighted by Crippen LogP contribution is 2.19. The van der Waals surface area contributed by atoms with Crippen molar-refractivity contribution in [1.82, 2.24) is 9.97 Å². The van der Waals surface area contributed by atoms with Crippen molar-refractivity contribution >= 4 is 29.1 Å². The van der Waals surface area contributed by atoms with Gasteiger partial charge in [0.15, 0.2) is 0 Å². The summed E-state index contributed by atoms with van der Waals surface area (Å²) in [5.74, 6) is 1.05. The summed E-state index contributed by atoms with van der Waals surface area (Å²) in [4.78, 5) is 36.5. The summed E-state index contributed by atoms with van der Waals surface area (Å²) in [7, 11) is 0. The van der Waals surface area contributed by atoms with Crippen LogP contribution in [0.15, 0.2) is 36.7 Å². The van der Waals surface area contributed by atoms with Gasteiger partial charge in [0, 0.05) is 32.8 Å². The van der Waals surface area contributed by atoms with Crippen LogP contribution in [0, 0.1) is 0 Å². The predicted molar refractivity (Wildman–Crippen MR) is 112 cm³/mol. The molecule has 0 aliphatic carbocycles. The number of hydrogen-bond donors (Lipinski definition) is 1. The Morgan fingerprint density at radius 2 is 1.86 bits per heavy atom. The maximum absolute atomic E-state index is 12.5. The molecule has 1 N–H and O–H groups in total. The quantitative estimate of drug-likeness (QED) is 0.835. The van der Waals surface area contributed by atoms with Crippen LogP contribution in [-0.4, -0.2) is 53.6 Å². The van der Waals surface area contributed by atoms with Crippen molar-refractivity contribution in [3.05, 3.63) is 42.2 Å². The second-order valence-electron chi connectivity index (χ2n) is 7.19. The molecule has 154 valence electrons. The Morgan fingerprint density at radius 1 is 1.14 bits per heavy atom. The first-order valence-corrected chi connectivity index (χ1v) is 9.79. The number of carbonyl (C=O) groups is 2. The van der Waals surface area contributed by atoms with Crippen molar-refractivity contribution in [2.75, 3.05) is 34.8 Å². The molecule has 0 bridgehead atoms. The SMILES string of the molecule is CCN(C(C)=O)c1ccc(NC(=O)c2ccc(N3CC(C)OC(C)C3)nc2)cn1. The molecule has 1 aliphatic heterocycles. The van der Waals surface area contributed by atoms with Gasteiger partial charge in [-0.25, -0.2) is 9.97 Å². The first kappa shape index (κ1) is 20.7. The topological polar surface area (TPSA) is 87.7 Å². The van der Waals surface area contributed by atoms with Crippen LogP contribution < -0.4 is 15.1 Å². The molecule has 1 aliphatic rings. The molecule has 2 atom stereocenters. The van der Waals surface area contributed by atoms with Crippen LogP contribution in [0.2, 0.25) is 0 Å². The molecule has 0 aromatic carbocycles. The number of hydrogen-bond acceptors (Lipinski definition) is 6. The van der Waals surface area contributed by atoms with Gasteiger partial charge in [-0.05, 0) is 45.0 Å². The molecular formula is C21H27N5O3. The summed E-state index contributed by atoms with van der Waals surface area (Å²) < 4.78 is 5.75. The van der Waals surface area contributed by atoms with E-state index < -0.39 is 0 Å². The van der Waals surface area contributed by atoms with Gasteiger partial charge >= 0.3 is 0 Å². The summed E-state index contributed by atoms with van der Waals surface area (Å²) in [6, 6.07) is 7.05. The zero-order valence-electron chi connectivity index (χ0n) is 17.3. The number of pyridine rings is 2. The van der Waals surface area contributed by atoms with Crippen LogP contribution in [0.4, 0.5) is 17.3 Å². The Hall–Kier alpha value is -3.00.